The Morgan fingerprint density at radius 1 is 1.28 bits per heavy atom. The Bertz CT molecular complexity index is 827. The lowest BCUT2D eigenvalue weighted by Crippen LogP contribution is -2.39. The summed E-state index contributed by atoms with van der Waals surface area (Å²) in [6, 6.07) is 7.34. The second kappa shape index (κ2) is 7.99. The molecule has 0 spiro atoms. The molecule has 0 fully saturated rings. The van der Waals surface area contributed by atoms with E-state index >= 15 is 0 Å². The number of hydrogen-bond donors (Lipinski definition) is 2. The Balaban J connectivity index is 1.90. The van der Waals surface area contributed by atoms with Crippen molar-refractivity contribution >= 4 is 27.5 Å². The number of nitrogens with zero attached hydrogens (tertiary/aromatic N) is 2. The van der Waals surface area contributed by atoms with Crippen LogP contribution < -0.4 is 5.32 Å². The van der Waals surface area contributed by atoms with Gasteiger partial charge >= 0.3 is 0 Å². The van der Waals surface area contributed by atoms with Crippen molar-refractivity contribution in [1.82, 2.24) is 19.8 Å². The number of carbonyl (C=O) groups is 1. The van der Waals surface area contributed by atoms with E-state index in [1.165, 1.54) is 7.05 Å². The first kappa shape index (κ1) is 19.4. The Morgan fingerprint density at radius 2 is 1.92 bits per heavy atom. The van der Waals surface area contributed by atoms with Gasteiger partial charge in [-0.15, -0.1) is 0 Å². The fraction of sp³-hybridized carbons (Fsp3) is 0.375. The van der Waals surface area contributed by atoms with Gasteiger partial charge in [-0.2, -0.15) is 9.40 Å². The molecule has 0 radical (unpaired) electrons. The highest BCUT2D eigenvalue weighted by Crippen LogP contribution is 2.20. The first-order valence-corrected chi connectivity index (χ1v) is 9.52. The van der Waals surface area contributed by atoms with Crippen molar-refractivity contribution in [3.63, 3.8) is 0 Å². The molecule has 2 N–H and O–H groups in total. The molecule has 0 bridgehead atoms. The number of H-pyrrole nitrogens is 1. The number of halogens is 1. The maximum absolute atomic E-state index is 12.6. The number of rotatable bonds is 7. The molecule has 7 nitrogen and oxygen atoms in total. The summed E-state index contributed by atoms with van der Waals surface area (Å²) in [4.78, 5) is 12.1. The predicted octanol–water partition coefficient (Wildman–Crippen LogP) is 1.66. The normalized spacial score (nSPS) is 11.7. The van der Waals surface area contributed by atoms with Crippen molar-refractivity contribution in [3.8, 4) is 0 Å². The Labute approximate surface area is 152 Å². The maximum Gasteiger partial charge on any atom is 0.246 e. The zero-order chi connectivity index (χ0) is 18.6. The van der Waals surface area contributed by atoms with Gasteiger partial charge in [0, 0.05) is 18.6 Å². The maximum atomic E-state index is 12.6. The number of aromatic nitrogens is 2. The van der Waals surface area contributed by atoms with Crippen LogP contribution in [-0.4, -0.2) is 49.0 Å². The summed E-state index contributed by atoms with van der Waals surface area (Å²) >= 11 is 5.82. The Hall–Kier alpha value is -1.90. The second-order valence-corrected chi connectivity index (χ2v) is 8.17. The third kappa shape index (κ3) is 4.81. The van der Waals surface area contributed by atoms with Crippen LogP contribution in [0.5, 0.6) is 0 Å². The molecule has 2 aromatic rings. The quantitative estimate of drug-likeness (QED) is 0.758. The molecular weight excluding hydrogens is 364 g/mol. The van der Waals surface area contributed by atoms with Crippen LogP contribution >= 0.6 is 11.6 Å². The predicted molar refractivity (Wildman–Crippen MR) is 96.0 cm³/mol. The SMILES string of the molecule is Cc1n[nH]c(C)c1S(=O)(=O)N(C)CC(=O)NCCc1ccc(Cl)cc1. The number of benzene rings is 1. The molecule has 1 heterocycles. The molecule has 0 aliphatic rings. The van der Waals surface area contributed by atoms with Crippen molar-refractivity contribution in [3.05, 3.63) is 46.2 Å². The van der Waals surface area contributed by atoms with E-state index in [0.29, 0.717) is 29.4 Å². The average molecular weight is 385 g/mol. The molecule has 25 heavy (non-hydrogen) atoms. The highest BCUT2D eigenvalue weighted by Gasteiger charge is 2.28. The summed E-state index contributed by atoms with van der Waals surface area (Å²) in [6.07, 6.45) is 0.638. The summed E-state index contributed by atoms with van der Waals surface area (Å²) < 4.78 is 26.2. The van der Waals surface area contributed by atoms with E-state index in [9.17, 15) is 13.2 Å². The molecule has 136 valence electrons. The summed E-state index contributed by atoms with van der Waals surface area (Å²) in [5.41, 5.74) is 1.87. The van der Waals surface area contributed by atoms with Crippen LogP contribution in [-0.2, 0) is 21.2 Å². The van der Waals surface area contributed by atoms with Crippen molar-refractivity contribution in [1.29, 1.82) is 0 Å². The van der Waals surface area contributed by atoms with E-state index in [-0.39, 0.29) is 17.3 Å². The number of hydrogen-bond acceptors (Lipinski definition) is 4. The van der Waals surface area contributed by atoms with Gasteiger partial charge in [0.25, 0.3) is 0 Å². The van der Waals surface area contributed by atoms with E-state index in [1.807, 2.05) is 12.1 Å². The second-order valence-electron chi connectivity index (χ2n) is 5.75. The molecule has 1 amide bonds. The minimum atomic E-state index is -3.77. The van der Waals surface area contributed by atoms with Gasteiger partial charge in [-0.05, 0) is 38.0 Å². The average Bonchev–Trinajstić information content (AvgIpc) is 2.88. The number of aryl methyl sites for hydroxylation is 2. The zero-order valence-corrected chi connectivity index (χ0v) is 15.9. The Morgan fingerprint density at radius 3 is 2.48 bits per heavy atom. The van der Waals surface area contributed by atoms with Crippen LogP contribution in [0.15, 0.2) is 29.2 Å². The number of likely N-dealkylation sites (N-methyl/N-ethyl adjacent to an activating group) is 1. The van der Waals surface area contributed by atoms with Gasteiger partial charge in [-0.25, -0.2) is 8.42 Å². The van der Waals surface area contributed by atoms with Crippen molar-refractivity contribution in [2.75, 3.05) is 20.1 Å². The number of carbonyl (C=O) groups excluding carboxylic acids is 1. The van der Waals surface area contributed by atoms with Crippen LogP contribution in [0.1, 0.15) is 17.0 Å². The number of amides is 1. The lowest BCUT2D eigenvalue weighted by atomic mass is 10.1. The fourth-order valence-electron chi connectivity index (χ4n) is 2.42. The van der Waals surface area contributed by atoms with Gasteiger partial charge in [-0.1, -0.05) is 23.7 Å². The van der Waals surface area contributed by atoms with Gasteiger partial charge in [0.05, 0.1) is 17.9 Å². The highest BCUT2D eigenvalue weighted by molar-refractivity contribution is 7.89. The topological polar surface area (TPSA) is 95.2 Å². The number of aromatic amines is 1. The van der Waals surface area contributed by atoms with Gasteiger partial charge in [0.1, 0.15) is 4.90 Å². The van der Waals surface area contributed by atoms with E-state index < -0.39 is 10.0 Å². The van der Waals surface area contributed by atoms with Crippen LogP contribution in [0.4, 0.5) is 0 Å². The largest absolute Gasteiger partial charge is 0.355 e. The molecular formula is C16H21ClN4O3S. The minimum Gasteiger partial charge on any atom is -0.355 e. The van der Waals surface area contributed by atoms with Gasteiger partial charge < -0.3 is 5.32 Å². The molecule has 0 atom stereocenters. The molecule has 1 aromatic heterocycles. The molecule has 0 aliphatic heterocycles. The lowest BCUT2D eigenvalue weighted by molar-refractivity contribution is -0.121. The Kier molecular flexibility index (Phi) is 6.21. The van der Waals surface area contributed by atoms with Crippen LogP contribution in [0, 0.1) is 13.8 Å². The van der Waals surface area contributed by atoms with E-state index in [4.69, 9.17) is 11.6 Å². The van der Waals surface area contributed by atoms with Gasteiger partial charge in [-0.3, -0.25) is 9.89 Å². The van der Waals surface area contributed by atoms with Crippen LogP contribution in [0.2, 0.25) is 5.02 Å². The highest BCUT2D eigenvalue weighted by atomic mass is 35.5. The molecule has 0 saturated heterocycles. The smallest absolute Gasteiger partial charge is 0.246 e. The van der Waals surface area contributed by atoms with Gasteiger partial charge in [0.15, 0.2) is 0 Å². The summed E-state index contributed by atoms with van der Waals surface area (Å²) in [5.74, 6) is -0.362. The molecule has 9 heteroatoms. The first-order valence-electron chi connectivity index (χ1n) is 7.71. The zero-order valence-electron chi connectivity index (χ0n) is 14.3. The number of sulfonamides is 1. The van der Waals surface area contributed by atoms with Crippen molar-refractivity contribution in [2.24, 2.45) is 0 Å². The third-order valence-corrected chi connectivity index (χ3v) is 6.06. The summed E-state index contributed by atoms with van der Waals surface area (Å²) in [7, 11) is -2.39. The summed E-state index contributed by atoms with van der Waals surface area (Å²) in [5, 5.41) is 9.91. The monoisotopic (exact) mass is 384 g/mol. The summed E-state index contributed by atoms with van der Waals surface area (Å²) in [6.45, 7) is 3.40. The third-order valence-electron chi connectivity index (χ3n) is 3.74. The van der Waals surface area contributed by atoms with Crippen molar-refractivity contribution < 1.29 is 13.2 Å². The van der Waals surface area contributed by atoms with Crippen LogP contribution in [0.3, 0.4) is 0 Å². The van der Waals surface area contributed by atoms with Crippen molar-refractivity contribution in [2.45, 2.75) is 25.2 Å². The van der Waals surface area contributed by atoms with E-state index in [0.717, 1.165) is 9.87 Å². The molecule has 0 unspecified atom stereocenters. The molecule has 0 aliphatic carbocycles. The first-order chi connectivity index (χ1) is 11.7. The lowest BCUT2D eigenvalue weighted by Gasteiger charge is -2.17. The minimum absolute atomic E-state index is 0.115. The molecule has 1 aromatic carbocycles. The molecule has 0 saturated carbocycles. The van der Waals surface area contributed by atoms with E-state index in [1.54, 1.807) is 26.0 Å². The van der Waals surface area contributed by atoms with E-state index in [2.05, 4.69) is 15.5 Å². The molecule has 2 rings (SSSR count). The fourth-order valence-corrected chi connectivity index (χ4v) is 3.99. The number of nitrogens with one attached hydrogen (secondary N) is 2. The standard InChI is InChI=1S/C16H21ClN4O3S/c1-11-16(12(2)20-19-11)25(23,24)21(3)10-15(22)18-9-8-13-4-6-14(17)7-5-13/h4-7H,8-10H2,1-3H3,(H,18,22)(H,19,20). The van der Waals surface area contributed by atoms with Crippen LogP contribution in [0.25, 0.3) is 0 Å². The van der Waals surface area contributed by atoms with Gasteiger partial charge in [0.2, 0.25) is 15.9 Å².